The van der Waals surface area contributed by atoms with Crippen molar-refractivity contribution in [2.75, 3.05) is 0 Å². The van der Waals surface area contributed by atoms with Crippen molar-refractivity contribution in [2.45, 2.75) is 37.9 Å². The number of furan rings is 1. The summed E-state index contributed by atoms with van der Waals surface area (Å²) in [4.78, 5) is 24.3. The fourth-order valence-electron chi connectivity index (χ4n) is 7.32. The minimum absolute atomic E-state index is 0.0497. The molecular weight excluding hydrogens is 540 g/mol. The number of nitrogens with zero attached hydrogens (tertiary/aromatic N) is 2. The van der Waals surface area contributed by atoms with Gasteiger partial charge in [0.1, 0.15) is 28.5 Å². The zero-order valence-electron chi connectivity index (χ0n) is 22.4. The van der Waals surface area contributed by atoms with E-state index in [2.05, 4.69) is 20.6 Å². The Hall–Kier alpha value is -4.57. The number of para-hydroxylation sites is 2. The number of aliphatic imine (C=N–C) groups is 1. The Labute approximate surface area is 238 Å². The van der Waals surface area contributed by atoms with Gasteiger partial charge in [-0.25, -0.2) is 18.8 Å². The summed E-state index contributed by atoms with van der Waals surface area (Å²) < 4.78 is 37.1. The Morgan fingerprint density at radius 1 is 0.976 bits per heavy atom. The van der Waals surface area contributed by atoms with Gasteiger partial charge in [0.2, 0.25) is 0 Å². The van der Waals surface area contributed by atoms with Crippen LogP contribution in [0, 0.1) is 23.6 Å². The maximum Gasteiger partial charge on any atom is 0.308 e. The zero-order chi connectivity index (χ0) is 28.5. The number of aromatic nitrogens is 2. The predicted octanol–water partition coefficient (Wildman–Crippen LogP) is 6.09. The highest BCUT2D eigenvalue weighted by Gasteiger charge is 2.48. The standard InChI is InChI=1S/C32H27F2N5O3/c33-17-12-21-22(14-36-29(21)35-13-17)30-38-27(20-6-3-5-19-18-4-1-2-7-23(18)42-28(19)20)25(34)31(39-30)37-26-16-10-8-15(9-11-16)24(26)32(40)41/h1-7,12-16,24,26,31,37H,8-11H2,(H,35,36)(H,38,39)(H,40,41). The molecule has 2 bridgehead atoms. The smallest absolute Gasteiger partial charge is 0.308 e. The Bertz CT molecular complexity index is 1950. The lowest BCUT2D eigenvalue weighted by molar-refractivity contribution is -0.149. The fraction of sp³-hybridized carbons (Fsp3) is 0.281. The van der Waals surface area contributed by atoms with Gasteiger partial charge in [0, 0.05) is 39.5 Å². The molecule has 10 heteroatoms. The third kappa shape index (κ3) is 3.85. The van der Waals surface area contributed by atoms with Crippen LogP contribution in [0.4, 0.5) is 8.78 Å². The molecular formula is C32H27F2N5O3. The van der Waals surface area contributed by atoms with Gasteiger partial charge in [-0.05, 0) is 55.7 Å². The molecule has 4 N–H and O–H groups in total. The number of benzene rings is 2. The molecule has 42 heavy (non-hydrogen) atoms. The van der Waals surface area contributed by atoms with Crippen LogP contribution in [-0.4, -0.2) is 39.1 Å². The zero-order valence-corrected chi connectivity index (χ0v) is 22.4. The number of H-pyrrole nitrogens is 1. The van der Waals surface area contributed by atoms with Gasteiger partial charge >= 0.3 is 5.97 Å². The Morgan fingerprint density at radius 3 is 2.60 bits per heavy atom. The van der Waals surface area contributed by atoms with E-state index < -0.39 is 35.7 Å². The number of hydrogen-bond donors (Lipinski definition) is 4. The van der Waals surface area contributed by atoms with E-state index in [0.29, 0.717) is 39.2 Å². The monoisotopic (exact) mass is 567 g/mol. The molecule has 3 unspecified atom stereocenters. The molecule has 3 aromatic heterocycles. The van der Waals surface area contributed by atoms with Crippen molar-refractivity contribution in [2.24, 2.45) is 22.7 Å². The number of aromatic amines is 1. The van der Waals surface area contributed by atoms with Crippen molar-refractivity contribution in [1.82, 2.24) is 20.6 Å². The Morgan fingerprint density at radius 2 is 1.76 bits per heavy atom. The summed E-state index contributed by atoms with van der Waals surface area (Å²) in [6.45, 7) is 0. The molecule has 2 aromatic carbocycles. The summed E-state index contributed by atoms with van der Waals surface area (Å²) in [5, 5.41) is 18.9. The molecule has 9 rings (SSSR count). The SMILES string of the molecule is O=C(O)C1C2CCC(CC2)C1NC1N=C(c2c[nH]c3ncc(F)cc23)NC(c2cccc3c2oc2ccccc23)=C1F. The first-order chi connectivity index (χ1) is 20.5. The first-order valence-electron chi connectivity index (χ1n) is 14.2. The van der Waals surface area contributed by atoms with E-state index in [-0.39, 0.29) is 17.5 Å². The van der Waals surface area contributed by atoms with E-state index >= 15 is 4.39 Å². The van der Waals surface area contributed by atoms with Crippen LogP contribution >= 0.6 is 0 Å². The second-order valence-electron chi connectivity index (χ2n) is 11.5. The highest BCUT2D eigenvalue weighted by molar-refractivity contribution is 6.14. The van der Waals surface area contributed by atoms with E-state index in [4.69, 9.17) is 9.41 Å². The van der Waals surface area contributed by atoms with Crippen molar-refractivity contribution in [3.8, 4) is 0 Å². The van der Waals surface area contributed by atoms with Crippen LogP contribution in [0.3, 0.4) is 0 Å². The van der Waals surface area contributed by atoms with E-state index in [9.17, 15) is 14.3 Å². The minimum Gasteiger partial charge on any atom is -0.481 e. The predicted molar refractivity (Wildman–Crippen MR) is 155 cm³/mol. The van der Waals surface area contributed by atoms with E-state index in [1.54, 1.807) is 12.3 Å². The van der Waals surface area contributed by atoms with Crippen LogP contribution < -0.4 is 10.6 Å². The van der Waals surface area contributed by atoms with Crippen LogP contribution in [0.1, 0.15) is 36.8 Å². The molecule has 0 amide bonds. The summed E-state index contributed by atoms with van der Waals surface area (Å²) in [6.07, 6.45) is 5.16. The summed E-state index contributed by atoms with van der Waals surface area (Å²) in [7, 11) is 0. The number of aliphatic carboxylic acids is 1. The molecule has 8 nitrogen and oxygen atoms in total. The van der Waals surface area contributed by atoms with Crippen molar-refractivity contribution < 1.29 is 23.1 Å². The molecule has 3 saturated carbocycles. The van der Waals surface area contributed by atoms with Crippen LogP contribution in [0.25, 0.3) is 38.7 Å². The minimum atomic E-state index is -1.16. The second kappa shape index (κ2) is 9.49. The van der Waals surface area contributed by atoms with Crippen molar-refractivity contribution in [3.63, 3.8) is 0 Å². The van der Waals surface area contributed by atoms with Crippen LogP contribution in [0.15, 0.2) is 76.2 Å². The van der Waals surface area contributed by atoms with Crippen molar-refractivity contribution in [1.29, 1.82) is 0 Å². The van der Waals surface area contributed by atoms with Gasteiger partial charge in [-0.2, -0.15) is 0 Å². The quantitative estimate of drug-likeness (QED) is 0.204. The Balaban J connectivity index is 1.28. The molecule has 4 aliphatic rings. The van der Waals surface area contributed by atoms with Gasteiger partial charge in [-0.1, -0.05) is 30.3 Å². The third-order valence-electron chi connectivity index (χ3n) is 9.26. The number of carbonyl (C=O) groups is 1. The number of pyridine rings is 1. The lowest BCUT2D eigenvalue weighted by Gasteiger charge is -2.48. The van der Waals surface area contributed by atoms with Crippen molar-refractivity contribution in [3.05, 3.63) is 83.7 Å². The largest absolute Gasteiger partial charge is 0.481 e. The molecule has 1 aliphatic heterocycles. The van der Waals surface area contributed by atoms with Crippen LogP contribution in [0.5, 0.6) is 0 Å². The van der Waals surface area contributed by atoms with Gasteiger partial charge in [0.05, 0.1) is 17.8 Å². The molecule has 3 fully saturated rings. The highest BCUT2D eigenvalue weighted by Crippen LogP contribution is 2.46. The number of halogens is 2. The summed E-state index contributed by atoms with van der Waals surface area (Å²) in [5.41, 5.74) is 2.85. The first kappa shape index (κ1) is 25.2. The number of carboxylic acids is 1. The van der Waals surface area contributed by atoms with Gasteiger partial charge in [0.15, 0.2) is 12.0 Å². The molecule has 0 saturated heterocycles. The molecule has 4 heterocycles. The molecule has 3 atom stereocenters. The number of rotatable bonds is 5. The van der Waals surface area contributed by atoms with Gasteiger partial charge in [-0.15, -0.1) is 0 Å². The maximum atomic E-state index is 16.7. The number of carboxylic acid groups (broad SMARTS) is 1. The molecule has 0 spiro atoms. The van der Waals surface area contributed by atoms with E-state index in [1.807, 2.05) is 36.4 Å². The molecule has 3 aliphatic carbocycles. The summed E-state index contributed by atoms with van der Waals surface area (Å²) >= 11 is 0. The number of amidine groups is 1. The second-order valence-corrected chi connectivity index (χ2v) is 11.5. The van der Waals surface area contributed by atoms with Crippen LogP contribution in [0.2, 0.25) is 0 Å². The van der Waals surface area contributed by atoms with E-state index in [0.717, 1.165) is 42.7 Å². The average Bonchev–Trinajstić information content (AvgIpc) is 3.60. The number of fused-ring (bicyclic) bond motifs is 7. The lowest BCUT2D eigenvalue weighted by Crippen LogP contribution is -2.57. The van der Waals surface area contributed by atoms with Crippen molar-refractivity contribution >= 4 is 50.5 Å². The summed E-state index contributed by atoms with van der Waals surface area (Å²) in [5.74, 6) is -2.09. The normalized spacial score (nSPS) is 25.8. The fourth-order valence-corrected chi connectivity index (χ4v) is 7.32. The maximum absolute atomic E-state index is 16.7. The molecule has 212 valence electrons. The van der Waals surface area contributed by atoms with Gasteiger partial charge < -0.3 is 19.8 Å². The molecule has 0 radical (unpaired) electrons. The highest BCUT2D eigenvalue weighted by atomic mass is 19.1. The molecule has 5 aromatic rings. The average molecular weight is 568 g/mol. The van der Waals surface area contributed by atoms with Crippen LogP contribution in [-0.2, 0) is 4.79 Å². The number of hydrogen-bond acceptors (Lipinski definition) is 6. The topological polar surface area (TPSA) is 116 Å². The summed E-state index contributed by atoms with van der Waals surface area (Å²) in [6, 6.07) is 14.1. The third-order valence-corrected chi connectivity index (χ3v) is 9.26. The van der Waals surface area contributed by atoms with E-state index in [1.165, 1.54) is 6.07 Å². The van der Waals surface area contributed by atoms with Gasteiger partial charge in [0.25, 0.3) is 0 Å². The lowest BCUT2D eigenvalue weighted by atomic mass is 9.61. The van der Waals surface area contributed by atoms with Gasteiger partial charge in [-0.3, -0.25) is 10.1 Å². The first-order valence-corrected chi connectivity index (χ1v) is 14.2. The number of nitrogens with one attached hydrogen (secondary N) is 3. The Kier molecular flexibility index (Phi) is 5.68.